The zero-order chi connectivity index (χ0) is 33.4. The summed E-state index contributed by atoms with van der Waals surface area (Å²) in [6.07, 6.45) is -3.17. The molecule has 0 bridgehead atoms. The highest BCUT2D eigenvalue weighted by Crippen LogP contribution is 2.40. The van der Waals surface area contributed by atoms with E-state index in [-0.39, 0.29) is 10.7 Å². The van der Waals surface area contributed by atoms with E-state index in [9.17, 15) is 27.6 Å². The topological polar surface area (TPSA) is 87.3 Å². The van der Waals surface area contributed by atoms with Crippen molar-refractivity contribution in [3.8, 4) is 0 Å². The van der Waals surface area contributed by atoms with Gasteiger partial charge in [0.25, 0.3) is 11.8 Å². The number of rotatable bonds is 10. The van der Waals surface area contributed by atoms with Crippen molar-refractivity contribution in [2.45, 2.75) is 16.3 Å². The molecule has 4 aromatic carbocycles. The van der Waals surface area contributed by atoms with Crippen LogP contribution in [0.25, 0.3) is 6.08 Å². The van der Waals surface area contributed by atoms with Crippen LogP contribution in [0, 0.1) is 0 Å². The van der Waals surface area contributed by atoms with E-state index < -0.39 is 40.4 Å². The second-order valence-corrected chi connectivity index (χ2v) is 12.6. The van der Waals surface area contributed by atoms with Gasteiger partial charge in [-0.3, -0.25) is 14.4 Å². The number of nitrogens with one attached hydrogen (secondary N) is 3. The lowest BCUT2D eigenvalue weighted by molar-refractivity contribution is -0.137. The molecule has 0 aliphatic heterocycles. The molecule has 0 fully saturated rings. The van der Waals surface area contributed by atoms with Gasteiger partial charge < -0.3 is 16.0 Å². The third kappa shape index (κ3) is 9.13. The first-order valence-corrected chi connectivity index (χ1v) is 16.1. The summed E-state index contributed by atoms with van der Waals surface area (Å²) in [6.45, 7) is 0. The van der Waals surface area contributed by atoms with Gasteiger partial charge in [-0.1, -0.05) is 72.3 Å². The smallest absolute Gasteiger partial charge is 0.324 e. The molecule has 0 aliphatic rings. The number of alkyl halides is 3. The fourth-order valence-corrected chi connectivity index (χ4v) is 6.31. The van der Waals surface area contributed by atoms with Gasteiger partial charge in [-0.05, 0) is 71.6 Å². The minimum absolute atomic E-state index is 0.0179. The molecule has 5 aromatic rings. The van der Waals surface area contributed by atoms with Crippen LogP contribution in [0.5, 0.6) is 0 Å². The Balaban J connectivity index is 1.38. The highest BCUT2D eigenvalue weighted by atomic mass is 35.5. The summed E-state index contributed by atoms with van der Waals surface area (Å²) >= 11 is 8.30. The molecular weight excluding hydrogens is 667 g/mol. The lowest BCUT2D eigenvalue weighted by Crippen LogP contribution is -2.30. The maximum atomic E-state index is 13.7. The largest absolute Gasteiger partial charge is 0.418 e. The molecule has 3 N–H and O–H groups in total. The first-order valence-electron chi connectivity index (χ1n) is 14.0. The van der Waals surface area contributed by atoms with E-state index in [1.165, 1.54) is 17.4 Å². The van der Waals surface area contributed by atoms with Crippen LogP contribution in [0.2, 0.25) is 5.02 Å². The van der Waals surface area contributed by atoms with E-state index in [2.05, 4.69) is 16.0 Å². The lowest BCUT2D eigenvalue weighted by Gasteiger charge is -2.20. The summed E-state index contributed by atoms with van der Waals surface area (Å²) in [5, 5.41) is 8.67. The van der Waals surface area contributed by atoms with Crippen LogP contribution in [0.4, 0.5) is 24.5 Å². The molecule has 12 heteroatoms. The molecule has 1 aromatic heterocycles. The molecule has 0 spiro atoms. The van der Waals surface area contributed by atoms with Gasteiger partial charge in [-0.15, -0.1) is 23.1 Å². The SMILES string of the molecule is O=C(Nc1cccc(SC(C(=O)Nc2ccc(Cl)cc2C(F)(F)F)c2ccccc2)c1)/C(=C/c1cccs1)NC(=O)c1ccccc1. The fraction of sp³-hybridized carbons (Fsp3) is 0.0571. The summed E-state index contributed by atoms with van der Waals surface area (Å²) in [6, 6.07) is 30.5. The normalized spacial score (nSPS) is 12.2. The summed E-state index contributed by atoms with van der Waals surface area (Å²) in [7, 11) is 0. The summed E-state index contributed by atoms with van der Waals surface area (Å²) in [5.41, 5.74) is -0.166. The summed E-state index contributed by atoms with van der Waals surface area (Å²) < 4.78 is 41.2. The van der Waals surface area contributed by atoms with Gasteiger partial charge >= 0.3 is 6.18 Å². The van der Waals surface area contributed by atoms with Gasteiger partial charge in [-0.25, -0.2) is 0 Å². The Morgan fingerprint density at radius 2 is 1.53 bits per heavy atom. The van der Waals surface area contributed by atoms with Crippen LogP contribution in [-0.2, 0) is 15.8 Å². The van der Waals surface area contributed by atoms with Crippen LogP contribution in [-0.4, -0.2) is 17.7 Å². The quantitative estimate of drug-likeness (QED) is 0.101. The van der Waals surface area contributed by atoms with Crippen molar-refractivity contribution < 1.29 is 27.6 Å². The van der Waals surface area contributed by atoms with Gasteiger partial charge in [0.15, 0.2) is 0 Å². The van der Waals surface area contributed by atoms with E-state index in [0.717, 1.165) is 28.8 Å². The molecule has 47 heavy (non-hydrogen) atoms. The van der Waals surface area contributed by atoms with Crippen molar-refractivity contribution in [3.05, 3.63) is 153 Å². The number of carbonyl (C=O) groups excluding carboxylic acids is 3. The third-order valence-corrected chi connectivity index (χ3v) is 8.89. The molecule has 5 rings (SSSR count). The molecule has 0 aliphatic carbocycles. The molecule has 238 valence electrons. The number of anilines is 2. The number of benzene rings is 4. The van der Waals surface area contributed by atoms with Crippen molar-refractivity contribution in [1.82, 2.24) is 5.32 Å². The number of hydrogen-bond donors (Lipinski definition) is 3. The molecule has 6 nitrogen and oxygen atoms in total. The molecule has 0 saturated heterocycles. The monoisotopic (exact) mass is 691 g/mol. The van der Waals surface area contributed by atoms with Crippen LogP contribution >= 0.6 is 34.7 Å². The molecule has 0 radical (unpaired) electrons. The highest BCUT2D eigenvalue weighted by Gasteiger charge is 2.35. The van der Waals surface area contributed by atoms with Crippen LogP contribution < -0.4 is 16.0 Å². The zero-order valence-corrected chi connectivity index (χ0v) is 26.6. The predicted octanol–water partition coefficient (Wildman–Crippen LogP) is 9.30. The van der Waals surface area contributed by atoms with Gasteiger partial charge in [0.05, 0.1) is 11.3 Å². The van der Waals surface area contributed by atoms with Gasteiger partial charge in [-0.2, -0.15) is 13.2 Å². The van der Waals surface area contributed by atoms with E-state index in [1.807, 2.05) is 11.4 Å². The number of amides is 3. The zero-order valence-electron chi connectivity index (χ0n) is 24.3. The first-order chi connectivity index (χ1) is 22.6. The Morgan fingerprint density at radius 3 is 2.21 bits per heavy atom. The Bertz CT molecular complexity index is 1900. The van der Waals surface area contributed by atoms with Crippen LogP contribution in [0.3, 0.4) is 0 Å². The van der Waals surface area contributed by atoms with E-state index in [4.69, 9.17) is 11.6 Å². The maximum Gasteiger partial charge on any atom is 0.418 e. The van der Waals surface area contributed by atoms with Crippen molar-refractivity contribution in [3.63, 3.8) is 0 Å². The molecule has 1 heterocycles. The number of hydrogen-bond acceptors (Lipinski definition) is 5. The summed E-state index contributed by atoms with van der Waals surface area (Å²) in [4.78, 5) is 41.2. The first kappa shape index (κ1) is 33.5. The van der Waals surface area contributed by atoms with E-state index in [1.54, 1.807) is 97.1 Å². The van der Waals surface area contributed by atoms with Crippen molar-refractivity contribution >= 4 is 69.9 Å². The minimum atomic E-state index is -4.74. The van der Waals surface area contributed by atoms with E-state index in [0.29, 0.717) is 21.7 Å². The van der Waals surface area contributed by atoms with Gasteiger partial charge in [0.1, 0.15) is 10.9 Å². The van der Waals surface area contributed by atoms with Crippen molar-refractivity contribution in [2.24, 2.45) is 0 Å². The highest BCUT2D eigenvalue weighted by molar-refractivity contribution is 8.00. The van der Waals surface area contributed by atoms with Crippen molar-refractivity contribution in [1.29, 1.82) is 0 Å². The molecule has 1 unspecified atom stereocenters. The van der Waals surface area contributed by atoms with Crippen molar-refractivity contribution in [2.75, 3.05) is 10.6 Å². The number of halogens is 4. The van der Waals surface area contributed by atoms with Crippen LogP contribution in [0.15, 0.2) is 131 Å². The molecule has 1 atom stereocenters. The standard InChI is InChI=1S/C35H25ClF3N3O3S2/c36-24-16-17-29(28(19-24)35(37,38)39)41-34(45)31(22-9-3-1-4-10-22)47-27-14-7-13-25(20-27)40-33(44)30(21-26-15-8-18-46-26)42-32(43)23-11-5-2-6-12-23/h1-21,31H,(H,40,44)(H,41,45)(H,42,43)/b30-21-. The van der Waals surface area contributed by atoms with Crippen LogP contribution in [0.1, 0.15) is 31.6 Å². The average molecular weight is 692 g/mol. The Morgan fingerprint density at radius 1 is 0.809 bits per heavy atom. The predicted molar refractivity (Wildman–Crippen MR) is 181 cm³/mol. The number of thiophene rings is 1. The third-order valence-electron chi connectivity index (χ3n) is 6.59. The van der Waals surface area contributed by atoms with E-state index >= 15 is 0 Å². The molecule has 3 amide bonds. The molecule has 0 saturated carbocycles. The Labute approximate surface area is 281 Å². The number of thioether (sulfide) groups is 1. The minimum Gasteiger partial charge on any atom is -0.324 e. The number of carbonyl (C=O) groups is 3. The fourth-order valence-electron chi connectivity index (χ4n) is 4.40. The van der Waals surface area contributed by atoms with Gasteiger partial charge in [0, 0.05) is 26.0 Å². The second kappa shape index (κ2) is 15.2. The maximum absolute atomic E-state index is 13.7. The Kier molecular flexibility index (Phi) is 10.8. The average Bonchev–Trinajstić information content (AvgIpc) is 3.58. The van der Waals surface area contributed by atoms with Gasteiger partial charge in [0.2, 0.25) is 5.91 Å². The lowest BCUT2D eigenvalue weighted by atomic mass is 10.1. The second-order valence-electron chi connectivity index (χ2n) is 9.96. The Hall–Kier alpha value is -4.84. The summed E-state index contributed by atoms with van der Waals surface area (Å²) in [5.74, 6) is -1.73. The molecular formula is C35H25ClF3N3O3S2.